The summed E-state index contributed by atoms with van der Waals surface area (Å²) in [7, 11) is 1.97. The van der Waals surface area contributed by atoms with E-state index in [9.17, 15) is 0 Å². The number of benzene rings is 1. The molecule has 0 bridgehead atoms. The molecule has 2 aromatic rings. The van der Waals surface area contributed by atoms with Gasteiger partial charge in [0.15, 0.2) is 0 Å². The van der Waals surface area contributed by atoms with Crippen molar-refractivity contribution in [1.29, 1.82) is 0 Å². The number of nitrogens with one attached hydrogen (secondary N) is 1. The Morgan fingerprint density at radius 2 is 2.11 bits per heavy atom. The molecule has 1 N–H and O–H groups in total. The minimum absolute atomic E-state index is 0.375. The quantitative estimate of drug-likeness (QED) is 0.889. The predicted molar refractivity (Wildman–Crippen MR) is 83.8 cm³/mol. The van der Waals surface area contributed by atoms with Gasteiger partial charge in [-0.1, -0.05) is 45.7 Å². The first kappa shape index (κ1) is 14.5. The molecule has 0 aliphatic rings. The lowest BCUT2D eigenvalue weighted by Crippen LogP contribution is -2.19. The summed E-state index contributed by atoms with van der Waals surface area (Å²) in [6, 6.07) is 10.3. The topological polar surface area (TPSA) is 24.9 Å². The summed E-state index contributed by atoms with van der Waals surface area (Å²) in [5.74, 6) is 0.375. The molecule has 0 aliphatic heterocycles. The lowest BCUT2D eigenvalue weighted by molar-refractivity contribution is 0.623. The van der Waals surface area contributed by atoms with Crippen molar-refractivity contribution in [1.82, 2.24) is 10.3 Å². The maximum Gasteiger partial charge on any atom is 0.0621 e. The molecule has 0 amide bonds. The first-order chi connectivity index (χ1) is 9.22. The average Bonchev–Trinajstić information content (AvgIpc) is 2.41. The number of hydrogen-bond acceptors (Lipinski definition) is 2. The van der Waals surface area contributed by atoms with Gasteiger partial charge >= 0.3 is 0 Å². The fraction of sp³-hybridized carbons (Fsp3) is 0.267. The molecule has 0 aliphatic carbocycles. The minimum atomic E-state index is 0.375. The van der Waals surface area contributed by atoms with Gasteiger partial charge in [0.05, 0.1) is 5.02 Å². The maximum atomic E-state index is 6.20. The molecular formula is C15H16BrClN2. The van der Waals surface area contributed by atoms with Gasteiger partial charge in [0.25, 0.3) is 0 Å². The van der Waals surface area contributed by atoms with Crippen molar-refractivity contribution in [2.24, 2.45) is 0 Å². The number of nitrogens with zero attached hydrogens (tertiary/aromatic N) is 1. The number of hydrogen-bond donors (Lipinski definition) is 1. The van der Waals surface area contributed by atoms with Crippen LogP contribution in [0.25, 0.3) is 0 Å². The molecule has 4 heteroatoms. The molecule has 19 heavy (non-hydrogen) atoms. The largest absolute Gasteiger partial charge is 0.319 e. The van der Waals surface area contributed by atoms with Crippen LogP contribution in [0.1, 0.15) is 17.0 Å². The maximum absolute atomic E-state index is 6.20. The summed E-state index contributed by atoms with van der Waals surface area (Å²) in [5, 5.41) is 3.99. The molecule has 0 saturated carbocycles. The second-order valence-electron chi connectivity index (χ2n) is 4.45. The van der Waals surface area contributed by atoms with Crippen LogP contribution >= 0.6 is 27.5 Å². The van der Waals surface area contributed by atoms with Crippen LogP contribution in [0.15, 0.2) is 47.2 Å². The van der Waals surface area contributed by atoms with Gasteiger partial charge in [-0.2, -0.15) is 0 Å². The van der Waals surface area contributed by atoms with Crippen molar-refractivity contribution in [3.8, 4) is 0 Å². The van der Waals surface area contributed by atoms with E-state index in [2.05, 4.69) is 44.4 Å². The average molecular weight is 340 g/mol. The molecule has 1 aromatic carbocycles. The Kier molecular flexibility index (Phi) is 5.37. The smallest absolute Gasteiger partial charge is 0.0621 e. The summed E-state index contributed by atoms with van der Waals surface area (Å²) in [6.45, 7) is 0.904. The SMILES string of the molecule is CNCC(Cc1ccncc1Cl)c1ccccc1Br. The molecule has 2 nitrogen and oxygen atoms in total. The Morgan fingerprint density at radius 3 is 2.79 bits per heavy atom. The second kappa shape index (κ2) is 7.04. The number of likely N-dealkylation sites (N-methyl/N-ethyl adjacent to an activating group) is 1. The van der Waals surface area contributed by atoms with Gasteiger partial charge in [0.1, 0.15) is 0 Å². The number of halogens is 2. The van der Waals surface area contributed by atoms with Crippen LogP contribution in [0.3, 0.4) is 0 Å². The zero-order valence-corrected chi connectivity index (χ0v) is 13.1. The Bertz CT molecular complexity index is 545. The van der Waals surface area contributed by atoms with E-state index < -0.39 is 0 Å². The third-order valence-electron chi connectivity index (χ3n) is 3.12. The van der Waals surface area contributed by atoms with E-state index in [-0.39, 0.29) is 0 Å². The monoisotopic (exact) mass is 338 g/mol. The predicted octanol–water partition coefficient (Wildman–Crippen LogP) is 4.04. The number of rotatable bonds is 5. The van der Waals surface area contributed by atoms with Crippen molar-refractivity contribution in [2.45, 2.75) is 12.3 Å². The highest BCUT2D eigenvalue weighted by Gasteiger charge is 2.15. The van der Waals surface area contributed by atoms with Crippen LogP contribution in [0, 0.1) is 0 Å². The van der Waals surface area contributed by atoms with Crippen molar-refractivity contribution in [3.05, 3.63) is 63.3 Å². The third kappa shape index (κ3) is 3.78. The Balaban J connectivity index is 2.27. The molecule has 1 aromatic heterocycles. The minimum Gasteiger partial charge on any atom is -0.319 e. The molecule has 0 radical (unpaired) electrons. The number of pyridine rings is 1. The molecule has 0 spiro atoms. The van der Waals surface area contributed by atoms with Gasteiger partial charge in [-0.25, -0.2) is 0 Å². The number of aromatic nitrogens is 1. The van der Waals surface area contributed by atoms with E-state index in [0.717, 1.165) is 28.0 Å². The fourth-order valence-electron chi connectivity index (χ4n) is 2.18. The highest BCUT2D eigenvalue weighted by atomic mass is 79.9. The van der Waals surface area contributed by atoms with Crippen molar-refractivity contribution >= 4 is 27.5 Å². The lowest BCUT2D eigenvalue weighted by Gasteiger charge is -2.19. The zero-order valence-electron chi connectivity index (χ0n) is 10.7. The van der Waals surface area contributed by atoms with Crippen LogP contribution in [0.4, 0.5) is 0 Å². The third-order valence-corrected chi connectivity index (χ3v) is 4.18. The van der Waals surface area contributed by atoms with Crippen molar-refractivity contribution < 1.29 is 0 Å². The molecule has 1 heterocycles. The highest BCUT2D eigenvalue weighted by molar-refractivity contribution is 9.10. The fourth-order valence-corrected chi connectivity index (χ4v) is 2.98. The van der Waals surface area contributed by atoms with Crippen LogP contribution in [-0.2, 0) is 6.42 Å². The van der Waals surface area contributed by atoms with E-state index in [4.69, 9.17) is 11.6 Å². The van der Waals surface area contributed by atoms with E-state index in [1.807, 2.05) is 19.2 Å². The Hall–Kier alpha value is -0.900. The molecule has 2 rings (SSSR count). The van der Waals surface area contributed by atoms with Crippen LogP contribution < -0.4 is 5.32 Å². The van der Waals surface area contributed by atoms with Gasteiger partial charge < -0.3 is 5.32 Å². The van der Waals surface area contributed by atoms with E-state index in [1.165, 1.54) is 5.56 Å². The van der Waals surface area contributed by atoms with Gasteiger partial charge in [-0.3, -0.25) is 4.98 Å². The summed E-state index contributed by atoms with van der Waals surface area (Å²) in [6.07, 6.45) is 4.38. The van der Waals surface area contributed by atoms with Gasteiger partial charge in [0.2, 0.25) is 0 Å². The van der Waals surface area contributed by atoms with E-state index >= 15 is 0 Å². The lowest BCUT2D eigenvalue weighted by atomic mass is 9.92. The zero-order chi connectivity index (χ0) is 13.7. The van der Waals surface area contributed by atoms with Crippen molar-refractivity contribution in [3.63, 3.8) is 0 Å². The van der Waals surface area contributed by atoms with E-state index in [0.29, 0.717) is 5.92 Å². The van der Waals surface area contributed by atoms with Gasteiger partial charge in [-0.15, -0.1) is 0 Å². The molecule has 0 fully saturated rings. The summed E-state index contributed by atoms with van der Waals surface area (Å²) < 4.78 is 1.14. The molecular weight excluding hydrogens is 324 g/mol. The molecule has 100 valence electrons. The molecule has 0 saturated heterocycles. The molecule has 1 atom stereocenters. The highest BCUT2D eigenvalue weighted by Crippen LogP contribution is 2.29. The summed E-state index contributed by atoms with van der Waals surface area (Å²) in [4.78, 5) is 4.03. The first-order valence-corrected chi connectivity index (χ1v) is 7.37. The van der Waals surface area contributed by atoms with Crippen molar-refractivity contribution in [2.75, 3.05) is 13.6 Å². The Labute approximate surface area is 127 Å². The molecule has 1 unspecified atom stereocenters. The summed E-state index contributed by atoms with van der Waals surface area (Å²) >= 11 is 9.83. The second-order valence-corrected chi connectivity index (χ2v) is 5.71. The van der Waals surface area contributed by atoms with Crippen LogP contribution in [0.2, 0.25) is 5.02 Å². The van der Waals surface area contributed by atoms with Gasteiger partial charge in [-0.05, 0) is 36.7 Å². The van der Waals surface area contributed by atoms with Crippen LogP contribution in [-0.4, -0.2) is 18.6 Å². The standard InChI is InChI=1S/C15H16BrClN2/c1-18-9-12(13-4-2-3-5-14(13)16)8-11-6-7-19-10-15(11)17/h2-7,10,12,18H,8-9H2,1H3. The summed E-state index contributed by atoms with van der Waals surface area (Å²) in [5.41, 5.74) is 2.43. The first-order valence-electron chi connectivity index (χ1n) is 6.19. The Morgan fingerprint density at radius 1 is 1.32 bits per heavy atom. The normalized spacial score (nSPS) is 12.4. The van der Waals surface area contributed by atoms with E-state index in [1.54, 1.807) is 12.4 Å². The van der Waals surface area contributed by atoms with Gasteiger partial charge in [0, 0.05) is 29.3 Å². The van der Waals surface area contributed by atoms with Crippen LogP contribution in [0.5, 0.6) is 0 Å².